The summed E-state index contributed by atoms with van der Waals surface area (Å²) in [5, 5.41) is 2.89. The molecule has 0 unspecified atom stereocenters. The molecule has 1 fully saturated rings. The van der Waals surface area contributed by atoms with Gasteiger partial charge in [0.25, 0.3) is 11.8 Å². The van der Waals surface area contributed by atoms with Crippen LogP contribution in [0.1, 0.15) is 41.9 Å². The Hall–Kier alpha value is -2.90. The largest absolute Gasteiger partial charge is 0.346 e. The summed E-state index contributed by atoms with van der Waals surface area (Å²) in [5.41, 5.74) is 0.413. The van der Waals surface area contributed by atoms with Crippen molar-refractivity contribution in [1.29, 1.82) is 0 Å². The van der Waals surface area contributed by atoms with E-state index in [1.807, 2.05) is 26.8 Å². The average molecular weight is 357 g/mol. The van der Waals surface area contributed by atoms with Gasteiger partial charge >= 0.3 is 0 Å². The topological polar surface area (TPSA) is 87.0 Å². The van der Waals surface area contributed by atoms with Gasteiger partial charge in [-0.05, 0) is 32.9 Å². The Kier molecular flexibility index (Phi) is 4.67. The molecule has 3 rings (SSSR count). The highest BCUT2D eigenvalue weighted by molar-refractivity contribution is 6.02. The van der Waals surface area contributed by atoms with Crippen molar-refractivity contribution in [1.82, 2.24) is 24.5 Å². The van der Waals surface area contributed by atoms with Gasteiger partial charge in [0, 0.05) is 37.9 Å². The molecule has 0 aromatic carbocycles. The highest BCUT2D eigenvalue weighted by Crippen LogP contribution is 2.16. The molecule has 3 heterocycles. The number of hydrogen-bond donors (Lipinski definition) is 1. The van der Waals surface area contributed by atoms with Crippen molar-refractivity contribution in [2.45, 2.75) is 26.3 Å². The number of piperazine rings is 1. The minimum absolute atomic E-state index is 0.208. The van der Waals surface area contributed by atoms with Crippen LogP contribution in [0.25, 0.3) is 5.52 Å². The van der Waals surface area contributed by atoms with E-state index in [-0.39, 0.29) is 23.3 Å². The lowest BCUT2D eigenvalue weighted by Gasteiger charge is -2.32. The maximum atomic E-state index is 12.9. The molecule has 2 aromatic rings. The minimum atomic E-state index is -0.406. The van der Waals surface area contributed by atoms with Crippen molar-refractivity contribution in [2.24, 2.45) is 0 Å². The van der Waals surface area contributed by atoms with E-state index in [4.69, 9.17) is 0 Å². The number of carbonyl (C=O) groups is 3. The quantitative estimate of drug-likeness (QED) is 0.823. The number of rotatable bonds is 3. The highest BCUT2D eigenvalue weighted by atomic mass is 16.2. The van der Waals surface area contributed by atoms with E-state index in [9.17, 15) is 14.4 Å². The molecule has 1 aliphatic heterocycles. The van der Waals surface area contributed by atoms with Crippen LogP contribution in [-0.2, 0) is 4.79 Å². The molecule has 1 aliphatic rings. The monoisotopic (exact) mass is 357 g/mol. The molecule has 26 heavy (non-hydrogen) atoms. The molecule has 0 atom stereocenters. The smallest absolute Gasteiger partial charge is 0.290 e. The van der Waals surface area contributed by atoms with Crippen molar-refractivity contribution in [2.75, 3.05) is 26.2 Å². The second-order valence-electron chi connectivity index (χ2n) is 7.38. The van der Waals surface area contributed by atoms with E-state index in [2.05, 4.69) is 10.3 Å². The van der Waals surface area contributed by atoms with Gasteiger partial charge in [0.2, 0.25) is 12.2 Å². The van der Waals surface area contributed by atoms with Crippen molar-refractivity contribution in [3.05, 3.63) is 35.9 Å². The summed E-state index contributed by atoms with van der Waals surface area (Å²) in [4.78, 5) is 44.0. The molecular weight excluding hydrogens is 334 g/mol. The molecule has 0 bridgehead atoms. The Morgan fingerprint density at radius 3 is 2.46 bits per heavy atom. The summed E-state index contributed by atoms with van der Waals surface area (Å²) in [7, 11) is 0. The Bertz CT molecular complexity index is 844. The fraction of sp³-hybridized carbons (Fsp3) is 0.444. The fourth-order valence-corrected chi connectivity index (χ4v) is 2.93. The number of nitrogens with zero attached hydrogens (tertiary/aromatic N) is 4. The van der Waals surface area contributed by atoms with Crippen molar-refractivity contribution < 1.29 is 14.4 Å². The summed E-state index contributed by atoms with van der Waals surface area (Å²) in [6.45, 7) is 7.56. The van der Waals surface area contributed by atoms with E-state index in [0.717, 1.165) is 6.41 Å². The van der Waals surface area contributed by atoms with Gasteiger partial charge in [0.15, 0.2) is 5.69 Å². The molecule has 8 nitrogen and oxygen atoms in total. The van der Waals surface area contributed by atoms with Crippen molar-refractivity contribution in [3.63, 3.8) is 0 Å². The number of aromatic nitrogens is 2. The zero-order chi connectivity index (χ0) is 18.9. The highest BCUT2D eigenvalue weighted by Gasteiger charge is 2.28. The lowest BCUT2D eigenvalue weighted by molar-refractivity contribution is -0.119. The van der Waals surface area contributed by atoms with Gasteiger partial charge in [-0.25, -0.2) is 4.98 Å². The number of hydrogen-bond acceptors (Lipinski definition) is 4. The molecule has 1 N–H and O–H groups in total. The zero-order valence-electron chi connectivity index (χ0n) is 15.2. The molecule has 2 aromatic heterocycles. The van der Waals surface area contributed by atoms with E-state index in [0.29, 0.717) is 31.7 Å². The molecule has 0 radical (unpaired) electrons. The SMILES string of the molecule is CC(C)(C)NC(=O)c1nc(C(=O)N2CCN(C=O)CC2)n2ccccc12. The lowest BCUT2D eigenvalue weighted by Crippen LogP contribution is -2.48. The van der Waals surface area contributed by atoms with Crippen LogP contribution in [-0.4, -0.2) is 69.1 Å². The van der Waals surface area contributed by atoms with Gasteiger partial charge in [-0.2, -0.15) is 0 Å². The first-order chi connectivity index (χ1) is 12.3. The fourth-order valence-electron chi connectivity index (χ4n) is 2.93. The molecule has 3 amide bonds. The molecule has 0 spiro atoms. The summed E-state index contributed by atoms with van der Waals surface area (Å²) in [6.07, 6.45) is 2.52. The maximum absolute atomic E-state index is 12.9. The Balaban J connectivity index is 1.93. The molecular formula is C18H23N5O3. The minimum Gasteiger partial charge on any atom is -0.346 e. The first-order valence-electron chi connectivity index (χ1n) is 8.58. The zero-order valence-corrected chi connectivity index (χ0v) is 15.2. The van der Waals surface area contributed by atoms with E-state index in [1.54, 1.807) is 32.5 Å². The van der Waals surface area contributed by atoms with Crippen LogP contribution in [0.15, 0.2) is 24.4 Å². The molecule has 0 aliphatic carbocycles. The molecule has 138 valence electrons. The van der Waals surface area contributed by atoms with Crippen LogP contribution in [0.4, 0.5) is 0 Å². The predicted octanol–water partition coefficient (Wildman–Crippen LogP) is 0.777. The second-order valence-corrected chi connectivity index (χ2v) is 7.38. The van der Waals surface area contributed by atoms with Crippen molar-refractivity contribution in [3.8, 4) is 0 Å². The summed E-state index contributed by atoms with van der Waals surface area (Å²) < 4.78 is 1.64. The first kappa shape index (κ1) is 17.9. The van der Waals surface area contributed by atoms with Crippen LogP contribution in [0.3, 0.4) is 0 Å². The van der Waals surface area contributed by atoms with E-state index >= 15 is 0 Å². The van der Waals surface area contributed by atoms with Gasteiger partial charge in [0.05, 0.1) is 5.52 Å². The lowest BCUT2D eigenvalue weighted by atomic mass is 10.1. The van der Waals surface area contributed by atoms with Crippen molar-refractivity contribution >= 4 is 23.7 Å². The van der Waals surface area contributed by atoms with Gasteiger partial charge in [-0.15, -0.1) is 0 Å². The molecule has 0 saturated carbocycles. The van der Waals surface area contributed by atoms with Crippen LogP contribution in [0.5, 0.6) is 0 Å². The summed E-state index contributed by atoms with van der Waals surface area (Å²) in [5.74, 6) is -0.350. The number of nitrogens with one attached hydrogen (secondary N) is 1. The first-order valence-corrected chi connectivity index (χ1v) is 8.58. The molecule has 8 heteroatoms. The van der Waals surface area contributed by atoms with Crippen LogP contribution in [0, 0.1) is 0 Å². The third kappa shape index (κ3) is 3.54. The second kappa shape index (κ2) is 6.78. The normalized spacial score (nSPS) is 15.2. The van der Waals surface area contributed by atoms with Crippen LogP contribution < -0.4 is 5.32 Å². The van der Waals surface area contributed by atoms with E-state index < -0.39 is 5.54 Å². The maximum Gasteiger partial charge on any atom is 0.290 e. The number of imidazole rings is 1. The predicted molar refractivity (Wildman–Crippen MR) is 96.0 cm³/mol. The van der Waals surface area contributed by atoms with Gasteiger partial charge in [-0.3, -0.25) is 18.8 Å². The third-order valence-corrected chi connectivity index (χ3v) is 4.19. The number of amides is 3. The standard InChI is InChI=1S/C18H23N5O3/c1-18(2,3)20-16(25)14-13-6-4-5-7-23(13)15(19-14)17(26)22-10-8-21(12-24)9-11-22/h4-7,12H,8-11H2,1-3H3,(H,20,25). The van der Waals surface area contributed by atoms with Gasteiger partial charge in [-0.1, -0.05) is 6.07 Å². The Labute approximate surface area is 151 Å². The van der Waals surface area contributed by atoms with Crippen LogP contribution in [0.2, 0.25) is 0 Å². The molecule has 1 saturated heterocycles. The average Bonchev–Trinajstić information content (AvgIpc) is 2.99. The van der Waals surface area contributed by atoms with E-state index in [1.165, 1.54) is 0 Å². The summed E-state index contributed by atoms with van der Waals surface area (Å²) in [6, 6.07) is 5.37. The Morgan fingerprint density at radius 1 is 1.15 bits per heavy atom. The number of fused-ring (bicyclic) bond motifs is 1. The third-order valence-electron chi connectivity index (χ3n) is 4.19. The van der Waals surface area contributed by atoms with Gasteiger partial charge in [0.1, 0.15) is 0 Å². The van der Waals surface area contributed by atoms with Crippen LogP contribution >= 0.6 is 0 Å². The number of carbonyl (C=O) groups excluding carboxylic acids is 3. The number of pyridine rings is 1. The summed E-state index contributed by atoms with van der Waals surface area (Å²) >= 11 is 0. The Morgan fingerprint density at radius 2 is 1.85 bits per heavy atom. The van der Waals surface area contributed by atoms with Gasteiger partial charge < -0.3 is 15.1 Å².